The molecular formula is C47H52N2O11. The van der Waals surface area contributed by atoms with Crippen LogP contribution in [0.2, 0.25) is 0 Å². The summed E-state index contributed by atoms with van der Waals surface area (Å²) in [4.78, 5) is 57.5. The van der Waals surface area contributed by atoms with E-state index in [2.05, 4.69) is 10.6 Å². The summed E-state index contributed by atoms with van der Waals surface area (Å²) in [5.74, 6) is -8.74. The van der Waals surface area contributed by atoms with E-state index in [-0.39, 0.29) is 28.1 Å². The Morgan fingerprint density at radius 1 is 0.767 bits per heavy atom. The minimum atomic E-state index is -2.08. The Bertz CT molecular complexity index is 2310. The highest BCUT2D eigenvalue weighted by Gasteiger charge is 2.52. The first-order valence-corrected chi connectivity index (χ1v) is 19.9. The van der Waals surface area contributed by atoms with E-state index in [0.29, 0.717) is 5.69 Å². The zero-order valence-corrected chi connectivity index (χ0v) is 34.8. The van der Waals surface area contributed by atoms with Gasteiger partial charge in [0.25, 0.3) is 11.7 Å². The predicted octanol–water partition coefficient (Wildman–Crippen LogP) is 6.17. The molecule has 9 atom stereocenters. The molecule has 13 heteroatoms. The third kappa shape index (κ3) is 8.05. The van der Waals surface area contributed by atoms with Crippen LogP contribution in [0.4, 0.5) is 5.69 Å². The fraction of sp³-hybridized carbons (Fsp3) is 0.362. The zero-order chi connectivity index (χ0) is 43.8. The van der Waals surface area contributed by atoms with Crippen LogP contribution in [0.5, 0.6) is 11.5 Å². The zero-order valence-electron chi connectivity index (χ0n) is 34.8. The molecule has 5 bridgehead atoms. The fourth-order valence-corrected chi connectivity index (χ4v) is 7.94. The van der Waals surface area contributed by atoms with Gasteiger partial charge in [0.1, 0.15) is 22.9 Å². The molecule has 0 saturated carbocycles. The van der Waals surface area contributed by atoms with Gasteiger partial charge < -0.3 is 45.3 Å². The maximum Gasteiger partial charge on any atom is 0.312 e. The first kappa shape index (κ1) is 43.7. The number of nitrogens with one attached hydrogen (secondary N) is 2. The summed E-state index contributed by atoms with van der Waals surface area (Å²) in [6.07, 6.45) is 3.26. The van der Waals surface area contributed by atoms with Gasteiger partial charge in [0.05, 0.1) is 47.4 Å². The molecule has 3 aromatic rings. The molecule has 3 heterocycles. The second-order valence-electron chi connectivity index (χ2n) is 16.0. The van der Waals surface area contributed by atoms with Crippen molar-refractivity contribution < 1.29 is 53.8 Å². The Morgan fingerprint density at radius 3 is 2.03 bits per heavy atom. The molecule has 316 valence electrons. The van der Waals surface area contributed by atoms with Gasteiger partial charge in [0.15, 0.2) is 0 Å². The van der Waals surface area contributed by atoms with Crippen molar-refractivity contribution in [1.29, 1.82) is 0 Å². The number of methoxy groups -OCH3 is 1. The lowest BCUT2D eigenvalue weighted by atomic mass is 9.78. The lowest BCUT2D eigenvalue weighted by Gasteiger charge is -2.36. The summed E-state index contributed by atoms with van der Waals surface area (Å²) in [5.41, 5.74) is 0.317. The number of carbonyl (C=O) groups excluding carboxylic acids is 4. The molecule has 0 saturated heterocycles. The standard InChI is InChI=1S/C47H52N2O11/c1-23-13-12-14-24(2)46(57)49-37-36(48-31-19-17-30(18-20-31)29-15-10-9-11-16-29)42(54)33-34(43(37)55)41(53)28(6)44-35(33)45(56)47(7,60-44)59-22-21-32(58-8)25(3)39(51)27(5)40(52)26(4)38(23)50/h9-23,25-27,32,38-40,48,50-53H,1-8H3,(H,49,57)/t23-,25+,26+,27+,32-,38-,39+,40-,47-/m0/s1. The molecule has 1 aliphatic carbocycles. The molecule has 3 aliphatic heterocycles. The number of allylic oxidation sites excluding steroid dienone is 4. The van der Waals surface area contributed by atoms with Crippen LogP contribution in [0.25, 0.3) is 11.1 Å². The van der Waals surface area contributed by atoms with Crippen molar-refractivity contribution in [2.45, 2.75) is 78.7 Å². The predicted molar refractivity (Wildman–Crippen MR) is 224 cm³/mol. The van der Waals surface area contributed by atoms with Gasteiger partial charge in [-0.1, -0.05) is 88.4 Å². The first-order valence-electron chi connectivity index (χ1n) is 19.9. The van der Waals surface area contributed by atoms with E-state index >= 15 is 0 Å². The number of anilines is 1. The molecule has 7 rings (SSSR count). The van der Waals surface area contributed by atoms with Crippen molar-refractivity contribution in [2.24, 2.45) is 23.7 Å². The molecular weight excluding hydrogens is 769 g/mol. The maximum absolute atomic E-state index is 14.8. The summed E-state index contributed by atoms with van der Waals surface area (Å²) in [6.45, 7) is 11.1. The Balaban J connectivity index is 1.48. The van der Waals surface area contributed by atoms with Gasteiger partial charge in [0.2, 0.25) is 11.6 Å². The number of aliphatic hydroxyl groups excluding tert-OH is 3. The minimum absolute atomic E-state index is 0.00975. The Labute approximate surface area is 349 Å². The van der Waals surface area contributed by atoms with Crippen molar-refractivity contribution in [2.75, 3.05) is 12.4 Å². The third-order valence-electron chi connectivity index (χ3n) is 12.0. The number of rotatable bonds is 4. The number of carbonyl (C=O) groups is 4. The van der Waals surface area contributed by atoms with Gasteiger partial charge in [-0.25, -0.2) is 0 Å². The van der Waals surface area contributed by atoms with Crippen molar-refractivity contribution in [3.8, 4) is 22.6 Å². The first-order chi connectivity index (χ1) is 28.4. The third-order valence-corrected chi connectivity index (χ3v) is 12.0. The van der Waals surface area contributed by atoms with Crippen molar-refractivity contribution in [3.63, 3.8) is 0 Å². The van der Waals surface area contributed by atoms with E-state index < -0.39 is 99.7 Å². The molecule has 1 amide bonds. The highest BCUT2D eigenvalue weighted by molar-refractivity contribution is 6.33. The molecule has 3 aromatic carbocycles. The Morgan fingerprint density at radius 2 is 1.38 bits per heavy atom. The second-order valence-corrected chi connectivity index (χ2v) is 16.0. The van der Waals surface area contributed by atoms with Crippen LogP contribution in [-0.4, -0.2) is 81.0 Å². The van der Waals surface area contributed by atoms with E-state index in [1.165, 1.54) is 46.3 Å². The summed E-state index contributed by atoms with van der Waals surface area (Å²) in [7, 11) is 1.42. The van der Waals surface area contributed by atoms with Crippen LogP contribution < -0.4 is 15.4 Å². The number of Topliss-reactive ketones (excluding diaryl/α,β-unsaturated/α-hetero) is 3. The second kappa shape index (κ2) is 17.4. The smallest absolute Gasteiger partial charge is 0.312 e. The molecule has 0 radical (unpaired) electrons. The van der Waals surface area contributed by atoms with Gasteiger partial charge in [-0.3, -0.25) is 19.2 Å². The van der Waals surface area contributed by atoms with E-state index in [9.17, 15) is 39.6 Å². The van der Waals surface area contributed by atoms with Gasteiger partial charge in [-0.05, 0) is 43.2 Å². The van der Waals surface area contributed by atoms with Crippen molar-refractivity contribution in [1.82, 2.24) is 5.32 Å². The minimum Gasteiger partial charge on any atom is -0.507 e. The summed E-state index contributed by atoms with van der Waals surface area (Å²) < 4.78 is 17.6. The van der Waals surface area contributed by atoms with E-state index in [4.69, 9.17) is 14.2 Å². The summed E-state index contributed by atoms with van der Waals surface area (Å²) >= 11 is 0. The number of benzene rings is 3. The van der Waals surface area contributed by atoms with Gasteiger partial charge in [-0.15, -0.1) is 0 Å². The largest absolute Gasteiger partial charge is 0.507 e. The van der Waals surface area contributed by atoms with Crippen molar-refractivity contribution >= 4 is 28.9 Å². The van der Waals surface area contributed by atoms with E-state index in [1.807, 2.05) is 42.5 Å². The molecule has 0 spiro atoms. The van der Waals surface area contributed by atoms with Crippen LogP contribution in [0.3, 0.4) is 0 Å². The van der Waals surface area contributed by atoms with Crippen LogP contribution in [0.1, 0.15) is 78.2 Å². The van der Waals surface area contributed by atoms with Gasteiger partial charge >= 0.3 is 5.79 Å². The monoisotopic (exact) mass is 820 g/mol. The quantitative estimate of drug-likeness (QED) is 0.175. The van der Waals surface area contributed by atoms with E-state index in [1.54, 1.807) is 52.0 Å². The number of fused-ring (bicyclic) bond motifs is 14. The van der Waals surface area contributed by atoms with Crippen LogP contribution in [0.15, 0.2) is 102 Å². The number of amides is 1. The Kier molecular flexibility index (Phi) is 12.7. The number of ketones is 3. The highest BCUT2D eigenvalue weighted by atomic mass is 16.7. The molecule has 4 aliphatic rings. The molecule has 0 aromatic heterocycles. The molecule has 13 nitrogen and oxygen atoms in total. The van der Waals surface area contributed by atoms with Crippen LogP contribution in [0, 0.1) is 30.6 Å². The number of phenols is 1. The summed E-state index contributed by atoms with van der Waals surface area (Å²) in [6, 6.07) is 16.6. The average molecular weight is 821 g/mol. The number of hydrogen-bond donors (Lipinski definition) is 6. The lowest BCUT2D eigenvalue weighted by Crippen LogP contribution is -2.45. The summed E-state index contributed by atoms with van der Waals surface area (Å²) in [5, 5.41) is 51.0. The van der Waals surface area contributed by atoms with Crippen molar-refractivity contribution in [3.05, 3.63) is 124 Å². The SMILES string of the molecule is CO[C@H]1C=CO[C@@]2(C)Oc3c(C)c(O)c4c(c3C2=O)C(=O)C(Nc2ccc(-c3ccccc3)cc2)=C(NC(=O)C(C)=CC=C[C@H](C)[C@H](O)[C@@H](C)[C@H](O)[C@H](C)[C@H](O)[C@@H]1C)C4=O. The number of phenolic OH excluding ortho intramolecular Hbond substituents is 1. The fourth-order valence-electron chi connectivity index (χ4n) is 7.94. The average Bonchev–Trinajstić information content (AvgIpc) is 3.51. The molecule has 60 heavy (non-hydrogen) atoms. The number of hydrogen-bond acceptors (Lipinski definition) is 12. The number of aliphatic hydroxyl groups is 3. The molecule has 0 unspecified atom stereocenters. The highest BCUT2D eigenvalue weighted by Crippen LogP contribution is 2.48. The van der Waals surface area contributed by atoms with E-state index in [0.717, 1.165) is 11.1 Å². The van der Waals surface area contributed by atoms with Gasteiger partial charge in [-0.2, -0.15) is 0 Å². The van der Waals surface area contributed by atoms with Crippen LogP contribution >= 0.6 is 0 Å². The number of aromatic hydroxyl groups is 1. The maximum atomic E-state index is 14.8. The van der Waals surface area contributed by atoms with Crippen LogP contribution in [-0.2, 0) is 14.3 Å². The normalized spacial score (nSPS) is 28.9. The molecule has 0 fully saturated rings. The topological polar surface area (TPSA) is 201 Å². The lowest BCUT2D eigenvalue weighted by molar-refractivity contribution is -0.116. The van der Waals surface area contributed by atoms with Gasteiger partial charge in [0, 0.05) is 54.5 Å². The number of ether oxygens (including phenoxy) is 3. The Hall–Kier alpha value is -5.86. The molecule has 6 N–H and O–H groups in total.